The Labute approximate surface area is 138 Å². The van der Waals surface area contributed by atoms with Crippen LogP contribution in [0.2, 0.25) is 0 Å². The van der Waals surface area contributed by atoms with E-state index in [1.807, 2.05) is 12.1 Å². The first kappa shape index (κ1) is 16.3. The molecule has 3 nitrogen and oxygen atoms in total. The lowest BCUT2D eigenvalue weighted by Crippen LogP contribution is -2.22. The van der Waals surface area contributed by atoms with E-state index in [0.29, 0.717) is 6.04 Å². The predicted molar refractivity (Wildman–Crippen MR) is 91.7 cm³/mol. The van der Waals surface area contributed by atoms with Gasteiger partial charge in [0.2, 0.25) is 0 Å². The summed E-state index contributed by atoms with van der Waals surface area (Å²) in [5.41, 5.74) is 1.23. The fourth-order valence-electron chi connectivity index (χ4n) is 2.28. The van der Waals surface area contributed by atoms with Crippen LogP contribution in [0.1, 0.15) is 23.4 Å². The quantitative estimate of drug-likeness (QED) is 0.783. The number of ether oxygens (including phenoxy) is 2. The molecule has 0 aliphatic rings. The molecule has 0 amide bonds. The van der Waals surface area contributed by atoms with Crippen molar-refractivity contribution >= 4 is 27.3 Å². The first-order valence-electron chi connectivity index (χ1n) is 6.87. The van der Waals surface area contributed by atoms with Crippen molar-refractivity contribution in [2.24, 2.45) is 0 Å². The van der Waals surface area contributed by atoms with Crippen LogP contribution in [0, 0.1) is 0 Å². The highest BCUT2D eigenvalue weighted by Gasteiger charge is 2.15. The minimum absolute atomic E-state index is 0.310. The van der Waals surface area contributed by atoms with Crippen molar-refractivity contribution in [2.75, 3.05) is 20.8 Å². The Morgan fingerprint density at radius 2 is 1.90 bits per heavy atom. The molecule has 0 radical (unpaired) electrons. The fourth-order valence-corrected chi connectivity index (χ4v) is 3.78. The number of nitrogens with one attached hydrogen (secondary N) is 1. The van der Waals surface area contributed by atoms with E-state index in [4.69, 9.17) is 9.47 Å². The first-order chi connectivity index (χ1) is 10.2. The van der Waals surface area contributed by atoms with E-state index in [9.17, 15) is 0 Å². The van der Waals surface area contributed by atoms with Gasteiger partial charge in [-0.05, 0) is 58.7 Å². The number of methoxy groups -OCH3 is 2. The number of benzene rings is 1. The molecule has 1 atom stereocenters. The molecule has 21 heavy (non-hydrogen) atoms. The third-order valence-electron chi connectivity index (χ3n) is 3.28. The van der Waals surface area contributed by atoms with E-state index in [0.717, 1.165) is 28.3 Å². The third-order valence-corrected chi connectivity index (χ3v) is 5.01. The highest BCUT2D eigenvalue weighted by Crippen LogP contribution is 2.32. The van der Waals surface area contributed by atoms with E-state index in [-0.39, 0.29) is 0 Å². The van der Waals surface area contributed by atoms with Crippen molar-refractivity contribution in [1.29, 1.82) is 0 Å². The van der Waals surface area contributed by atoms with Crippen LogP contribution in [0.15, 0.2) is 34.1 Å². The first-order valence-corrected chi connectivity index (χ1v) is 8.48. The van der Waals surface area contributed by atoms with Gasteiger partial charge in [-0.2, -0.15) is 0 Å². The second-order valence-electron chi connectivity index (χ2n) is 4.65. The molecule has 0 saturated carbocycles. The van der Waals surface area contributed by atoms with Crippen LogP contribution in [-0.2, 0) is 6.42 Å². The minimum atomic E-state index is 0.310. The van der Waals surface area contributed by atoms with Crippen molar-refractivity contribution in [3.63, 3.8) is 0 Å². The van der Waals surface area contributed by atoms with E-state index in [1.54, 1.807) is 25.6 Å². The van der Waals surface area contributed by atoms with Crippen LogP contribution in [0.25, 0.3) is 0 Å². The molecule has 0 aliphatic carbocycles. The zero-order valence-corrected chi connectivity index (χ0v) is 14.9. The lowest BCUT2D eigenvalue weighted by Gasteiger charge is -2.17. The smallest absolute Gasteiger partial charge is 0.160 e. The zero-order chi connectivity index (χ0) is 15.2. The molecule has 0 aliphatic heterocycles. The van der Waals surface area contributed by atoms with Crippen LogP contribution in [-0.4, -0.2) is 20.8 Å². The van der Waals surface area contributed by atoms with Gasteiger partial charge in [-0.25, -0.2) is 0 Å². The molecular formula is C16H20BrNO2S. The predicted octanol–water partition coefficient (Wildman–Crippen LogP) is 4.42. The molecule has 0 spiro atoms. The molecular weight excluding hydrogens is 350 g/mol. The van der Waals surface area contributed by atoms with Crippen molar-refractivity contribution in [3.05, 3.63) is 44.6 Å². The Morgan fingerprint density at radius 1 is 1.14 bits per heavy atom. The van der Waals surface area contributed by atoms with Crippen LogP contribution < -0.4 is 14.8 Å². The lowest BCUT2D eigenvalue weighted by molar-refractivity contribution is 0.354. The maximum absolute atomic E-state index is 5.38. The molecule has 1 N–H and O–H groups in total. The monoisotopic (exact) mass is 369 g/mol. The van der Waals surface area contributed by atoms with Crippen LogP contribution in [0.5, 0.6) is 11.5 Å². The summed E-state index contributed by atoms with van der Waals surface area (Å²) in [5.74, 6) is 1.54. The largest absolute Gasteiger partial charge is 0.493 e. The topological polar surface area (TPSA) is 30.5 Å². The van der Waals surface area contributed by atoms with E-state index in [1.165, 1.54) is 10.4 Å². The van der Waals surface area contributed by atoms with Crippen molar-refractivity contribution < 1.29 is 9.47 Å². The summed E-state index contributed by atoms with van der Waals surface area (Å²) in [6.45, 7) is 3.07. The Morgan fingerprint density at radius 3 is 2.48 bits per heavy atom. The molecule has 0 saturated heterocycles. The minimum Gasteiger partial charge on any atom is -0.493 e. The van der Waals surface area contributed by atoms with Crippen LogP contribution in [0.4, 0.5) is 0 Å². The molecule has 1 unspecified atom stereocenters. The number of hydrogen-bond donors (Lipinski definition) is 1. The van der Waals surface area contributed by atoms with Crippen LogP contribution >= 0.6 is 27.3 Å². The molecule has 2 rings (SSSR count). The normalized spacial score (nSPS) is 12.2. The molecule has 5 heteroatoms. The van der Waals surface area contributed by atoms with Crippen molar-refractivity contribution in [1.82, 2.24) is 5.32 Å². The number of rotatable bonds is 7. The van der Waals surface area contributed by atoms with Gasteiger partial charge in [0.05, 0.1) is 18.0 Å². The second-order valence-corrected chi connectivity index (χ2v) is 7.14. The highest BCUT2D eigenvalue weighted by molar-refractivity contribution is 9.11. The van der Waals surface area contributed by atoms with Gasteiger partial charge in [-0.1, -0.05) is 13.0 Å². The SMILES string of the molecule is CCNC(Cc1ccc(OC)c(OC)c1)c1ccc(Br)s1. The molecule has 114 valence electrons. The number of hydrogen-bond acceptors (Lipinski definition) is 4. The third kappa shape index (κ3) is 4.22. The summed E-state index contributed by atoms with van der Waals surface area (Å²) in [5, 5.41) is 3.54. The average Bonchev–Trinajstić information content (AvgIpc) is 2.93. The summed E-state index contributed by atoms with van der Waals surface area (Å²) in [7, 11) is 3.32. The molecule has 2 aromatic rings. The highest BCUT2D eigenvalue weighted by atomic mass is 79.9. The van der Waals surface area contributed by atoms with Gasteiger partial charge in [0.25, 0.3) is 0 Å². The van der Waals surface area contributed by atoms with Gasteiger partial charge in [0.15, 0.2) is 11.5 Å². The Hall–Kier alpha value is -1.04. The summed E-state index contributed by atoms with van der Waals surface area (Å²) in [6.07, 6.45) is 0.918. The summed E-state index contributed by atoms with van der Waals surface area (Å²) >= 11 is 5.30. The maximum atomic E-state index is 5.38. The van der Waals surface area contributed by atoms with E-state index in [2.05, 4.69) is 46.4 Å². The van der Waals surface area contributed by atoms with Gasteiger partial charge in [-0.15, -0.1) is 11.3 Å². The van der Waals surface area contributed by atoms with Gasteiger partial charge in [-0.3, -0.25) is 0 Å². The standard InChI is InChI=1S/C16H20BrNO2S/c1-4-18-12(15-7-8-16(17)21-15)9-11-5-6-13(19-2)14(10-11)20-3/h5-8,10,12,18H,4,9H2,1-3H3. The maximum Gasteiger partial charge on any atom is 0.160 e. The number of thiophene rings is 1. The van der Waals surface area contributed by atoms with Gasteiger partial charge in [0.1, 0.15) is 0 Å². The Kier molecular flexibility index (Phi) is 6.08. The number of halogens is 1. The average molecular weight is 370 g/mol. The van der Waals surface area contributed by atoms with Gasteiger partial charge in [0, 0.05) is 10.9 Å². The van der Waals surface area contributed by atoms with E-state index >= 15 is 0 Å². The van der Waals surface area contributed by atoms with Gasteiger partial charge >= 0.3 is 0 Å². The Bertz CT molecular complexity index is 585. The van der Waals surface area contributed by atoms with Gasteiger partial charge < -0.3 is 14.8 Å². The summed E-state index contributed by atoms with van der Waals surface area (Å²) in [6, 6.07) is 10.7. The Balaban J connectivity index is 2.20. The van der Waals surface area contributed by atoms with Crippen molar-refractivity contribution in [3.8, 4) is 11.5 Å². The lowest BCUT2D eigenvalue weighted by atomic mass is 10.0. The molecule has 1 aromatic heterocycles. The molecule has 1 heterocycles. The summed E-state index contributed by atoms with van der Waals surface area (Å²) < 4.78 is 11.8. The zero-order valence-electron chi connectivity index (χ0n) is 12.5. The molecule has 0 fully saturated rings. The molecule has 0 bridgehead atoms. The van der Waals surface area contributed by atoms with E-state index < -0.39 is 0 Å². The fraction of sp³-hybridized carbons (Fsp3) is 0.375. The number of likely N-dealkylation sites (N-methyl/N-ethyl adjacent to an activating group) is 1. The van der Waals surface area contributed by atoms with Crippen LogP contribution in [0.3, 0.4) is 0 Å². The summed E-state index contributed by atoms with van der Waals surface area (Å²) in [4.78, 5) is 1.33. The van der Waals surface area contributed by atoms with Crippen molar-refractivity contribution in [2.45, 2.75) is 19.4 Å². The second kappa shape index (κ2) is 7.82. The molecule has 1 aromatic carbocycles.